The Morgan fingerprint density at radius 2 is 1.71 bits per heavy atom. The van der Waals surface area contributed by atoms with E-state index in [0.717, 1.165) is 0 Å². The van der Waals surface area contributed by atoms with Crippen molar-refractivity contribution in [3.8, 4) is 0 Å². The molecule has 1 aromatic carbocycles. The zero-order chi connectivity index (χ0) is 15.8. The van der Waals surface area contributed by atoms with Crippen molar-refractivity contribution < 1.29 is 14.7 Å². The molecular weight excluding hydrogens is 268 g/mol. The lowest BCUT2D eigenvalue weighted by atomic mass is 10.0. The van der Waals surface area contributed by atoms with Gasteiger partial charge in [0, 0.05) is 6.54 Å². The number of hydrogen-bond acceptors (Lipinski definition) is 2. The Hall–Kier alpha value is -2.04. The number of rotatable bonds is 4. The third-order valence-corrected chi connectivity index (χ3v) is 5.19. The van der Waals surface area contributed by atoms with Crippen LogP contribution in [0.25, 0.3) is 0 Å². The highest BCUT2D eigenvalue weighted by atomic mass is 16.4. The van der Waals surface area contributed by atoms with E-state index in [-0.39, 0.29) is 22.4 Å². The number of para-hydroxylation sites is 1. The van der Waals surface area contributed by atoms with Crippen LogP contribution in [-0.4, -0.2) is 23.7 Å². The summed E-state index contributed by atoms with van der Waals surface area (Å²) < 4.78 is 0. The number of amides is 2. The van der Waals surface area contributed by atoms with Gasteiger partial charge in [-0.1, -0.05) is 39.8 Å². The normalized spacial score (nSPS) is 18.9. The number of aromatic carboxylic acids is 1. The lowest BCUT2D eigenvalue weighted by molar-refractivity contribution is 0.0698. The van der Waals surface area contributed by atoms with Crippen molar-refractivity contribution >= 4 is 17.7 Å². The van der Waals surface area contributed by atoms with E-state index in [2.05, 4.69) is 38.3 Å². The number of anilines is 1. The van der Waals surface area contributed by atoms with E-state index in [1.807, 2.05) is 0 Å². The quantitative estimate of drug-likeness (QED) is 0.797. The van der Waals surface area contributed by atoms with Crippen molar-refractivity contribution in [1.82, 2.24) is 5.32 Å². The molecule has 0 bridgehead atoms. The first-order chi connectivity index (χ1) is 9.68. The molecule has 1 saturated carbocycles. The molecule has 0 unspecified atom stereocenters. The minimum Gasteiger partial charge on any atom is -0.478 e. The Balaban J connectivity index is 1.94. The molecule has 0 aliphatic heterocycles. The van der Waals surface area contributed by atoms with Crippen LogP contribution in [0.1, 0.15) is 38.1 Å². The second kappa shape index (κ2) is 5.06. The Bertz CT molecular complexity index is 565. The molecule has 0 atom stereocenters. The van der Waals surface area contributed by atoms with Crippen LogP contribution in [0.3, 0.4) is 0 Å². The molecule has 2 amide bonds. The van der Waals surface area contributed by atoms with Crippen LogP contribution in [0.15, 0.2) is 24.3 Å². The summed E-state index contributed by atoms with van der Waals surface area (Å²) in [4.78, 5) is 23.0. The summed E-state index contributed by atoms with van der Waals surface area (Å²) in [6.07, 6.45) is 0. The standard InChI is InChI=1S/C16H22N2O3/c1-15(2)12(16(15,3)4)9-17-14(21)18-11-8-6-5-7-10(11)13(19)20/h5-8,12H,9H2,1-4H3,(H,19,20)(H2,17,18,21). The van der Waals surface area contributed by atoms with Gasteiger partial charge in [0.2, 0.25) is 0 Å². The summed E-state index contributed by atoms with van der Waals surface area (Å²) in [5.74, 6) is -0.638. The molecule has 1 aliphatic carbocycles. The van der Waals surface area contributed by atoms with Crippen LogP contribution in [0, 0.1) is 16.7 Å². The van der Waals surface area contributed by atoms with Gasteiger partial charge in [-0.3, -0.25) is 0 Å². The van der Waals surface area contributed by atoms with Gasteiger partial charge in [-0.2, -0.15) is 0 Å². The summed E-state index contributed by atoms with van der Waals surface area (Å²) in [6.45, 7) is 9.35. The molecule has 5 nitrogen and oxygen atoms in total. The first kappa shape index (κ1) is 15.4. The molecule has 114 valence electrons. The van der Waals surface area contributed by atoms with Gasteiger partial charge in [-0.15, -0.1) is 0 Å². The summed E-state index contributed by atoms with van der Waals surface area (Å²) in [7, 11) is 0. The smallest absolute Gasteiger partial charge is 0.337 e. The number of carbonyl (C=O) groups excluding carboxylic acids is 1. The Labute approximate surface area is 124 Å². The van der Waals surface area contributed by atoms with Crippen molar-refractivity contribution in [3.63, 3.8) is 0 Å². The Morgan fingerprint density at radius 3 is 2.24 bits per heavy atom. The van der Waals surface area contributed by atoms with Gasteiger partial charge in [0.05, 0.1) is 11.3 Å². The maximum atomic E-state index is 11.9. The maximum Gasteiger partial charge on any atom is 0.337 e. The topological polar surface area (TPSA) is 78.4 Å². The third-order valence-electron chi connectivity index (χ3n) is 5.19. The number of urea groups is 1. The Morgan fingerprint density at radius 1 is 1.14 bits per heavy atom. The van der Waals surface area contributed by atoms with Crippen LogP contribution >= 0.6 is 0 Å². The fourth-order valence-electron chi connectivity index (χ4n) is 2.98. The van der Waals surface area contributed by atoms with Crippen molar-refractivity contribution in [2.45, 2.75) is 27.7 Å². The van der Waals surface area contributed by atoms with Crippen LogP contribution in [0.4, 0.5) is 10.5 Å². The van der Waals surface area contributed by atoms with Gasteiger partial charge < -0.3 is 15.7 Å². The zero-order valence-corrected chi connectivity index (χ0v) is 12.9. The first-order valence-corrected chi connectivity index (χ1v) is 7.05. The molecule has 0 heterocycles. The first-order valence-electron chi connectivity index (χ1n) is 7.05. The molecule has 3 N–H and O–H groups in total. The highest BCUT2D eigenvalue weighted by molar-refractivity contribution is 5.99. The molecule has 21 heavy (non-hydrogen) atoms. The van der Waals surface area contributed by atoms with Crippen molar-refractivity contribution in [2.24, 2.45) is 16.7 Å². The molecule has 5 heteroatoms. The molecule has 0 radical (unpaired) electrons. The van der Waals surface area contributed by atoms with E-state index < -0.39 is 5.97 Å². The minimum atomic E-state index is -1.06. The number of carbonyl (C=O) groups is 2. The van der Waals surface area contributed by atoms with E-state index in [0.29, 0.717) is 18.2 Å². The lowest BCUT2D eigenvalue weighted by Crippen LogP contribution is -2.32. The van der Waals surface area contributed by atoms with E-state index >= 15 is 0 Å². The van der Waals surface area contributed by atoms with Crippen molar-refractivity contribution in [2.75, 3.05) is 11.9 Å². The van der Waals surface area contributed by atoms with Crippen molar-refractivity contribution in [3.05, 3.63) is 29.8 Å². The zero-order valence-electron chi connectivity index (χ0n) is 12.9. The number of carboxylic acids is 1. The highest BCUT2D eigenvalue weighted by Crippen LogP contribution is 2.67. The maximum absolute atomic E-state index is 11.9. The predicted octanol–water partition coefficient (Wildman–Crippen LogP) is 3.19. The van der Waals surface area contributed by atoms with Crippen LogP contribution in [-0.2, 0) is 0 Å². The van der Waals surface area contributed by atoms with Crippen LogP contribution < -0.4 is 10.6 Å². The average Bonchev–Trinajstić information content (AvgIpc) is 2.77. The highest BCUT2D eigenvalue weighted by Gasteiger charge is 2.64. The number of carboxylic acid groups (broad SMARTS) is 1. The summed E-state index contributed by atoms with van der Waals surface area (Å²) in [5, 5.41) is 14.5. The van der Waals surface area contributed by atoms with Gasteiger partial charge in [0.25, 0.3) is 0 Å². The number of hydrogen-bond donors (Lipinski definition) is 3. The molecule has 1 aliphatic rings. The monoisotopic (exact) mass is 290 g/mol. The fourth-order valence-corrected chi connectivity index (χ4v) is 2.98. The van der Waals surface area contributed by atoms with Gasteiger partial charge in [0.15, 0.2) is 0 Å². The molecule has 0 saturated heterocycles. The van der Waals surface area contributed by atoms with Gasteiger partial charge >= 0.3 is 12.0 Å². The molecule has 2 rings (SSSR count). The number of benzene rings is 1. The van der Waals surface area contributed by atoms with E-state index in [1.54, 1.807) is 18.2 Å². The summed E-state index contributed by atoms with van der Waals surface area (Å²) in [6, 6.07) is 5.98. The molecule has 0 spiro atoms. The predicted molar refractivity (Wildman–Crippen MR) is 81.5 cm³/mol. The van der Waals surface area contributed by atoms with Gasteiger partial charge in [-0.25, -0.2) is 9.59 Å². The van der Waals surface area contributed by atoms with Gasteiger partial charge in [0.1, 0.15) is 0 Å². The number of nitrogens with one attached hydrogen (secondary N) is 2. The van der Waals surface area contributed by atoms with Crippen molar-refractivity contribution in [1.29, 1.82) is 0 Å². The molecule has 1 aromatic rings. The fraction of sp³-hybridized carbons (Fsp3) is 0.500. The van der Waals surface area contributed by atoms with E-state index in [9.17, 15) is 9.59 Å². The van der Waals surface area contributed by atoms with Gasteiger partial charge in [-0.05, 0) is 28.9 Å². The van der Waals surface area contributed by atoms with Crippen LogP contribution in [0.2, 0.25) is 0 Å². The van der Waals surface area contributed by atoms with E-state index in [1.165, 1.54) is 6.07 Å². The molecular formula is C16H22N2O3. The average molecular weight is 290 g/mol. The van der Waals surface area contributed by atoms with E-state index in [4.69, 9.17) is 5.11 Å². The second-order valence-corrected chi connectivity index (χ2v) is 6.68. The molecule has 0 aromatic heterocycles. The second-order valence-electron chi connectivity index (χ2n) is 6.68. The molecule has 1 fully saturated rings. The SMILES string of the molecule is CC1(C)C(CNC(=O)Nc2ccccc2C(=O)O)C1(C)C. The Kier molecular flexibility index (Phi) is 3.70. The largest absolute Gasteiger partial charge is 0.478 e. The summed E-state index contributed by atoms with van der Waals surface area (Å²) >= 11 is 0. The minimum absolute atomic E-state index is 0.0831. The summed E-state index contributed by atoms with van der Waals surface area (Å²) in [5.41, 5.74) is 0.801. The lowest BCUT2D eigenvalue weighted by Gasteiger charge is -2.10. The third kappa shape index (κ3) is 2.73. The van der Waals surface area contributed by atoms with Crippen LogP contribution in [0.5, 0.6) is 0 Å².